The molecule has 4 rings (SSSR count). The number of nitrogens with one attached hydrogen (secondary N) is 2. The summed E-state index contributed by atoms with van der Waals surface area (Å²) in [5.41, 5.74) is 5.15. The fourth-order valence-electron chi connectivity index (χ4n) is 3.84. The van der Waals surface area contributed by atoms with Crippen LogP contribution >= 0.6 is 0 Å². The lowest BCUT2D eigenvalue weighted by Gasteiger charge is -2.24. The summed E-state index contributed by atoms with van der Waals surface area (Å²) >= 11 is 0. The molecule has 0 saturated carbocycles. The molecular weight excluding hydrogens is 318 g/mol. The van der Waals surface area contributed by atoms with Gasteiger partial charge in [0.05, 0.1) is 0 Å². The molecule has 0 aliphatic heterocycles. The highest BCUT2D eigenvalue weighted by Gasteiger charge is 2.23. The van der Waals surface area contributed by atoms with Crippen molar-refractivity contribution in [1.29, 1.82) is 0 Å². The highest BCUT2D eigenvalue weighted by atomic mass is 19.3. The molecule has 1 unspecified atom stereocenters. The summed E-state index contributed by atoms with van der Waals surface area (Å²) in [5, 5.41) is 4.98. The molecular formula is C21H22F2N2. The maximum absolute atomic E-state index is 12.6. The Morgan fingerprint density at radius 3 is 2.68 bits per heavy atom. The third-order valence-corrected chi connectivity index (χ3v) is 5.15. The van der Waals surface area contributed by atoms with E-state index in [1.165, 1.54) is 40.7 Å². The van der Waals surface area contributed by atoms with Crippen LogP contribution in [0.2, 0.25) is 0 Å². The third-order valence-electron chi connectivity index (χ3n) is 5.15. The van der Waals surface area contributed by atoms with Crippen molar-refractivity contribution in [2.75, 3.05) is 6.54 Å². The Morgan fingerprint density at radius 1 is 1.08 bits per heavy atom. The number of H-pyrrole nitrogens is 1. The number of fused-ring (bicyclic) bond motifs is 3. The van der Waals surface area contributed by atoms with Crippen LogP contribution in [0.1, 0.15) is 47.7 Å². The molecule has 0 spiro atoms. The molecule has 1 aromatic heterocycles. The summed E-state index contributed by atoms with van der Waals surface area (Å²) in [5.74, 6) is 0. The fourth-order valence-corrected chi connectivity index (χ4v) is 3.84. The third kappa shape index (κ3) is 3.31. The van der Waals surface area contributed by atoms with Gasteiger partial charge in [0.2, 0.25) is 0 Å². The van der Waals surface area contributed by atoms with Gasteiger partial charge in [0.25, 0.3) is 6.43 Å². The minimum atomic E-state index is -2.39. The van der Waals surface area contributed by atoms with E-state index in [1.54, 1.807) is 12.1 Å². The highest BCUT2D eigenvalue weighted by molar-refractivity contribution is 5.85. The highest BCUT2D eigenvalue weighted by Crippen LogP contribution is 2.34. The molecule has 1 aliphatic carbocycles. The van der Waals surface area contributed by atoms with Gasteiger partial charge in [-0.3, -0.25) is 0 Å². The number of aromatic amines is 1. The summed E-state index contributed by atoms with van der Waals surface area (Å²) in [6.45, 7) is 0.841. The quantitative estimate of drug-likeness (QED) is 0.647. The topological polar surface area (TPSA) is 27.8 Å². The van der Waals surface area contributed by atoms with Gasteiger partial charge in [0.1, 0.15) is 0 Å². The molecule has 25 heavy (non-hydrogen) atoms. The van der Waals surface area contributed by atoms with Crippen molar-refractivity contribution in [1.82, 2.24) is 10.3 Å². The van der Waals surface area contributed by atoms with Crippen molar-refractivity contribution in [2.45, 2.75) is 38.2 Å². The maximum atomic E-state index is 12.6. The number of halogens is 2. The summed E-state index contributed by atoms with van der Waals surface area (Å²) in [6.07, 6.45) is 1.90. The average Bonchev–Trinajstić information content (AvgIpc) is 3.02. The van der Waals surface area contributed by atoms with E-state index < -0.39 is 6.43 Å². The Morgan fingerprint density at radius 2 is 1.88 bits per heavy atom. The van der Waals surface area contributed by atoms with Crippen LogP contribution in [-0.4, -0.2) is 11.5 Å². The van der Waals surface area contributed by atoms with Crippen LogP contribution in [0, 0.1) is 0 Å². The zero-order valence-corrected chi connectivity index (χ0v) is 14.1. The Bertz CT molecular complexity index is 852. The van der Waals surface area contributed by atoms with Crippen LogP contribution in [0.5, 0.6) is 0 Å². The smallest absolute Gasteiger partial charge is 0.263 e. The SMILES string of the molecule is FC(F)c1ccc(CCNC2CCCc3c2[nH]c2ccccc32)cc1. The second kappa shape index (κ2) is 6.96. The van der Waals surface area contributed by atoms with E-state index in [2.05, 4.69) is 34.6 Å². The van der Waals surface area contributed by atoms with E-state index in [4.69, 9.17) is 0 Å². The number of aryl methyl sites for hydroxylation is 1. The van der Waals surface area contributed by atoms with Gasteiger partial charge in [-0.15, -0.1) is 0 Å². The van der Waals surface area contributed by atoms with Gasteiger partial charge in [-0.25, -0.2) is 8.78 Å². The average molecular weight is 340 g/mol. The molecule has 0 radical (unpaired) electrons. The van der Waals surface area contributed by atoms with E-state index >= 15 is 0 Å². The standard InChI is InChI=1S/C21H22F2N2/c22-21(23)15-10-8-14(9-11-15)12-13-24-19-7-3-5-17-16-4-1-2-6-18(16)25-20(17)19/h1-2,4,6,8-11,19,21,24-25H,3,5,7,12-13H2. The van der Waals surface area contributed by atoms with Crippen molar-refractivity contribution in [3.05, 3.63) is 70.9 Å². The second-order valence-corrected chi connectivity index (χ2v) is 6.75. The number of aromatic nitrogens is 1. The molecule has 1 atom stereocenters. The number of alkyl halides is 2. The van der Waals surface area contributed by atoms with E-state index in [0.717, 1.165) is 31.4 Å². The van der Waals surface area contributed by atoms with Gasteiger partial charge in [-0.2, -0.15) is 0 Å². The predicted molar refractivity (Wildman–Crippen MR) is 97.1 cm³/mol. The van der Waals surface area contributed by atoms with Crippen molar-refractivity contribution >= 4 is 10.9 Å². The second-order valence-electron chi connectivity index (χ2n) is 6.75. The Balaban J connectivity index is 1.42. The van der Waals surface area contributed by atoms with Gasteiger partial charge in [0, 0.05) is 28.2 Å². The van der Waals surface area contributed by atoms with Crippen LogP contribution in [-0.2, 0) is 12.8 Å². The molecule has 130 valence electrons. The number of hydrogen-bond acceptors (Lipinski definition) is 1. The summed E-state index contributed by atoms with van der Waals surface area (Å²) < 4.78 is 25.2. The van der Waals surface area contributed by atoms with Gasteiger partial charge in [-0.05, 0) is 49.4 Å². The number of benzene rings is 2. The zero-order valence-electron chi connectivity index (χ0n) is 14.1. The molecule has 4 heteroatoms. The molecule has 2 N–H and O–H groups in total. The van der Waals surface area contributed by atoms with Crippen LogP contribution in [0.25, 0.3) is 10.9 Å². The van der Waals surface area contributed by atoms with Crippen LogP contribution in [0.4, 0.5) is 8.78 Å². The molecule has 1 heterocycles. The van der Waals surface area contributed by atoms with Gasteiger partial charge in [0.15, 0.2) is 0 Å². The van der Waals surface area contributed by atoms with Crippen molar-refractivity contribution in [2.24, 2.45) is 0 Å². The first-order valence-electron chi connectivity index (χ1n) is 8.92. The number of hydrogen-bond donors (Lipinski definition) is 2. The lowest BCUT2D eigenvalue weighted by molar-refractivity contribution is 0.151. The van der Waals surface area contributed by atoms with Crippen molar-refractivity contribution in [3.63, 3.8) is 0 Å². The van der Waals surface area contributed by atoms with Crippen molar-refractivity contribution < 1.29 is 8.78 Å². The van der Waals surface area contributed by atoms with Crippen LogP contribution in [0.15, 0.2) is 48.5 Å². The molecule has 0 saturated heterocycles. The lowest BCUT2D eigenvalue weighted by atomic mass is 9.91. The van der Waals surface area contributed by atoms with Gasteiger partial charge >= 0.3 is 0 Å². The van der Waals surface area contributed by atoms with Crippen LogP contribution in [0.3, 0.4) is 0 Å². The van der Waals surface area contributed by atoms with E-state index in [-0.39, 0.29) is 5.56 Å². The van der Waals surface area contributed by atoms with Gasteiger partial charge < -0.3 is 10.3 Å². The largest absolute Gasteiger partial charge is 0.357 e. The Kier molecular flexibility index (Phi) is 4.53. The zero-order chi connectivity index (χ0) is 17.2. The van der Waals surface area contributed by atoms with Gasteiger partial charge in [-0.1, -0.05) is 42.5 Å². The molecule has 0 amide bonds. The molecule has 2 aromatic carbocycles. The number of rotatable bonds is 5. The fraction of sp³-hybridized carbons (Fsp3) is 0.333. The lowest BCUT2D eigenvalue weighted by Crippen LogP contribution is -2.27. The Hall–Kier alpha value is -2.20. The molecule has 0 fully saturated rings. The molecule has 2 nitrogen and oxygen atoms in total. The molecule has 1 aliphatic rings. The molecule has 3 aromatic rings. The van der Waals surface area contributed by atoms with E-state index in [0.29, 0.717) is 6.04 Å². The summed E-state index contributed by atoms with van der Waals surface area (Å²) in [7, 11) is 0. The van der Waals surface area contributed by atoms with E-state index in [1.807, 2.05) is 0 Å². The minimum absolute atomic E-state index is 0.0895. The minimum Gasteiger partial charge on any atom is -0.357 e. The predicted octanol–water partition coefficient (Wildman–Crippen LogP) is 5.32. The van der Waals surface area contributed by atoms with Crippen molar-refractivity contribution in [3.8, 4) is 0 Å². The summed E-state index contributed by atoms with van der Waals surface area (Å²) in [4.78, 5) is 3.59. The summed E-state index contributed by atoms with van der Waals surface area (Å²) in [6, 6.07) is 15.5. The monoisotopic (exact) mass is 340 g/mol. The van der Waals surface area contributed by atoms with E-state index in [9.17, 15) is 8.78 Å². The molecule has 0 bridgehead atoms. The normalized spacial score (nSPS) is 17.2. The first kappa shape index (κ1) is 16.3. The maximum Gasteiger partial charge on any atom is 0.263 e. The first-order chi connectivity index (χ1) is 12.2. The number of para-hydroxylation sites is 1. The first-order valence-corrected chi connectivity index (χ1v) is 8.92. The van der Waals surface area contributed by atoms with Crippen LogP contribution < -0.4 is 5.32 Å². The Labute approximate surface area is 146 Å².